The summed E-state index contributed by atoms with van der Waals surface area (Å²) in [6.07, 6.45) is 9.33. The lowest BCUT2D eigenvalue weighted by molar-refractivity contribution is -0.00666. The minimum atomic E-state index is -4.78. The van der Waals surface area contributed by atoms with Crippen molar-refractivity contribution in [3.05, 3.63) is 82.0 Å². The second kappa shape index (κ2) is 13.6. The van der Waals surface area contributed by atoms with E-state index in [1.54, 1.807) is 69.4 Å². The van der Waals surface area contributed by atoms with E-state index in [4.69, 9.17) is 20.6 Å². The van der Waals surface area contributed by atoms with E-state index >= 15 is 0 Å². The Labute approximate surface area is 283 Å². The molecule has 42 heavy (non-hydrogen) atoms. The summed E-state index contributed by atoms with van der Waals surface area (Å²) in [6.45, 7) is 0. The summed E-state index contributed by atoms with van der Waals surface area (Å²) in [6, 6.07) is 12.8. The van der Waals surface area contributed by atoms with Crippen LogP contribution in [0.2, 0.25) is 0 Å². The van der Waals surface area contributed by atoms with Crippen LogP contribution in [0, 0.1) is 23.1 Å². The molecule has 0 aromatic heterocycles. The summed E-state index contributed by atoms with van der Waals surface area (Å²) >= 11 is 5.40. The zero-order chi connectivity index (χ0) is 30.7. The predicted molar refractivity (Wildman–Crippen MR) is 175 cm³/mol. The zero-order valence-electron chi connectivity index (χ0n) is 21.5. The number of carbonyl (C=O) groups excluding carboxylic acids is 3. The molecule has 0 bridgehead atoms. The van der Waals surface area contributed by atoms with Gasteiger partial charge in [0.05, 0.1) is 21.6 Å². The molecule has 3 aromatic carbocycles. The van der Waals surface area contributed by atoms with E-state index in [0.717, 1.165) is 28.9 Å². The fourth-order valence-corrected chi connectivity index (χ4v) is 8.60. The first-order valence-corrected chi connectivity index (χ1v) is 17.0. The smallest absolute Gasteiger partial charge is 0.344 e. The number of rotatable bonds is 7. The first-order valence-electron chi connectivity index (χ1n) is 12.3. The van der Waals surface area contributed by atoms with Crippen LogP contribution in [0.4, 0.5) is 0 Å². The quantitative estimate of drug-likeness (QED) is 0.0876. The van der Waals surface area contributed by atoms with E-state index in [-0.39, 0.29) is 35.3 Å². The second-order valence-electron chi connectivity index (χ2n) is 9.25. The third-order valence-electron chi connectivity index (χ3n) is 6.36. The number of benzene rings is 3. The fourth-order valence-electron chi connectivity index (χ4n) is 4.31. The molecule has 9 nitrogen and oxygen atoms in total. The lowest BCUT2D eigenvalue weighted by Gasteiger charge is -2.32. The minimum absolute atomic E-state index is 0.0371. The number of hydrogen-bond acceptors (Lipinski definition) is 9. The van der Waals surface area contributed by atoms with Crippen molar-refractivity contribution in [1.82, 2.24) is 0 Å². The lowest BCUT2D eigenvalue weighted by Crippen LogP contribution is -2.35. The molecule has 0 heterocycles. The monoisotopic (exact) mass is 925 g/mol. The Hall–Kier alpha value is -2.27. The molecule has 0 amide bonds. The summed E-state index contributed by atoms with van der Waals surface area (Å²) in [5, 5.41) is 0. The van der Waals surface area contributed by atoms with Crippen LogP contribution in [-0.2, 0) is 14.9 Å². The van der Waals surface area contributed by atoms with Gasteiger partial charge in [-0.2, -0.15) is 0 Å². The Kier molecular flexibility index (Phi) is 10.5. The predicted octanol–water partition coefficient (Wildman–Crippen LogP) is 6.34. The summed E-state index contributed by atoms with van der Waals surface area (Å²) < 4.78 is 52.5. The highest BCUT2D eigenvalue weighted by atomic mass is 127. The summed E-state index contributed by atoms with van der Waals surface area (Å²) in [5.74, 6) is 0.0622. The lowest BCUT2D eigenvalue weighted by atomic mass is 9.85. The Morgan fingerprint density at radius 2 is 1.36 bits per heavy atom. The maximum absolute atomic E-state index is 13.4. The van der Waals surface area contributed by atoms with Gasteiger partial charge in [-0.05, 0) is 148 Å². The Morgan fingerprint density at radius 3 is 1.93 bits per heavy atom. The van der Waals surface area contributed by atoms with Crippen molar-refractivity contribution in [3.8, 4) is 23.8 Å². The third-order valence-corrected chi connectivity index (χ3v) is 10.5. The van der Waals surface area contributed by atoms with E-state index in [2.05, 4.69) is 28.5 Å². The van der Waals surface area contributed by atoms with Gasteiger partial charge in [-0.1, -0.05) is 12.3 Å². The normalized spacial score (nSPS) is 14.4. The van der Waals surface area contributed by atoms with Crippen LogP contribution in [-0.4, -0.2) is 36.5 Å². The van der Waals surface area contributed by atoms with Gasteiger partial charge in [0.1, 0.15) is 21.6 Å². The molecule has 4 rings (SSSR count). The first kappa shape index (κ1) is 32.6. The van der Waals surface area contributed by atoms with Crippen molar-refractivity contribution >= 4 is 95.8 Å². The van der Waals surface area contributed by atoms with Crippen molar-refractivity contribution in [2.24, 2.45) is 0 Å². The van der Waals surface area contributed by atoms with E-state index in [0.29, 0.717) is 12.8 Å². The molecule has 218 valence electrons. The van der Waals surface area contributed by atoms with Crippen LogP contribution in [0.1, 0.15) is 63.2 Å². The maximum atomic E-state index is 13.4. The molecule has 0 spiro atoms. The van der Waals surface area contributed by atoms with E-state index in [1.165, 1.54) is 24.3 Å². The van der Waals surface area contributed by atoms with Gasteiger partial charge in [0.15, 0.2) is 5.60 Å². The molecular formula is C29H20I3O9S-. The second-order valence-corrected chi connectivity index (χ2v) is 14.1. The standard InChI is InChI=1S/C29H21I3O9S/c1-2-29(12-4-3-5-13-29)41-26(33)17-6-11-21(27(34)39-19-9-7-18(30)8-10-19)22(14-17)28(35)40-20-15-23(31)25(24(32)16-20)42(36,37)38/h1,6-11,14-16H,3-5,12-13H2,(H,36,37,38)/p-1. The van der Waals surface area contributed by atoms with Crippen LogP contribution in [0.5, 0.6) is 11.5 Å². The van der Waals surface area contributed by atoms with Crippen molar-refractivity contribution < 1.29 is 41.6 Å². The van der Waals surface area contributed by atoms with Crippen LogP contribution in [0.25, 0.3) is 0 Å². The van der Waals surface area contributed by atoms with E-state index in [1.807, 2.05) is 0 Å². The zero-order valence-corrected chi connectivity index (χ0v) is 28.8. The van der Waals surface area contributed by atoms with Crippen molar-refractivity contribution in [1.29, 1.82) is 0 Å². The summed E-state index contributed by atoms with van der Waals surface area (Å²) in [4.78, 5) is 39.3. The molecule has 1 aliphatic rings. The van der Waals surface area contributed by atoms with Crippen LogP contribution in [0.3, 0.4) is 0 Å². The number of carbonyl (C=O) groups is 3. The van der Waals surface area contributed by atoms with Gasteiger partial charge in [0.2, 0.25) is 0 Å². The maximum Gasteiger partial charge on any atom is 0.344 e. The Morgan fingerprint density at radius 1 is 0.786 bits per heavy atom. The molecule has 0 aliphatic heterocycles. The molecule has 0 atom stereocenters. The summed E-state index contributed by atoms with van der Waals surface area (Å²) in [5.41, 5.74) is -1.59. The highest BCUT2D eigenvalue weighted by Gasteiger charge is 2.35. The van der Waals surface area contributed by atoms with Gasteiger partial charge in [-0.3, -0.25) is 0 Å². The Balaban J connectivity index is 1.70. The average molecular weight is 925 g/mol. The molecule has 3 aromatic rings. The minimum Gasteiger partial charge on any atom is -0.744 e. The van der Waals surface area contributed by atoms with Crippen LogP contribution >= 0.6 is 67.8 Å². The highest BCUT2D eigenvalue weighted by molar-refractivity contribution is 14.1. The highest BCUT2D eigenvalue weighted by Crippen LogP contribution is 2.33. The molecule has 1 aliphatic carbocycles. The van der Waals surface area contributed by atoms with Gasteiger partial charge in [-0.15, -0.1) is 6.42 Å². The molecule has 1 fully saturated rings. The topological polar surface area (TPSA) is 136 Å². The summed E-state index contributed by atoms with van der Waals surface area (Å²) in [7, 11) is -4.78. The van der Waals surface area contributed by atoms with Crippen LogP contribution in [0.15, 0.2) is 59.5 Å². The molecular weight excluding hydrogens is 905 g/mol. The number of esters is 3. The number of terminal acetylenes is 1. The van der Waals surface area contributed by atoms with E-state index in [9.17, 15) is 27.4 Å². The fraction of sp³-hybridized carbons (Fsp3) is 0.207. The van der Waals surface area contributed by atoms with Gasteiger partial charge < -0.3 is 18.8 Å². The van der Waals surface area contributed by atoms with Crippen molar-refractivity contribution in [3.63, 3.8) is 0 Å². The van der Waals surface area contributed by atoms with Gasteiger partial charge >= 0.3 is 17.9 Å². The van der Waals surface area contributed by atoms with E-state index < -0.39 is 38.5 Å². The molecule has 0 saturated heterocycles. The van der Waals surface area contributed by atoms with Gasteiger partial charge in [0.25, 0.3) is 0 Å². The number of ether oxygens (including phenoxy) is 3. The SMILES string of the molecule is C#CC1(OC(=O)c2ccc(C(=O)Oc3ccc(I)cc3)c(C(=O)Oc3cc(I)c(S(=O)(=O)[O-])c(I)c3)c2)CCCCC1. The van der Waals surface area contributed by atoms with Crippen molar-refractivity contribution in [2.45, 2.75) is 42.6 Å². The van der Waals surface area contributed by atoms with Gasteiger partial charge in [-0.25, -0.2) is 22.8 Å². The first-order chi connectivity index (χ1) is 19.8. The Bertz CT molecular complexity index is 1680. The molecule has 1 saturated carbocycles. The third kappa shape index (κ3) is 7.81. The molecule has 0 N–H and O–H groups in total. The average Bonchev–Trinajstić information content (AvgIpc) is 2.93. The molecule has 0 radical (unpaired) electrons. The largest absolute Gasteiger partial charge is 0.744 e. The van der Waals surface area contributed by atoms with Gasteiger partial charge in [0, 0.05) is 10.7 Å². The van der Waals surface area contributed by atoms with Crippen molar-refractivity contribution in [2.75, 3.05) is 0 Å². The molecule has 0 unspecified atom stereocenters. The number of halogens is 3. The van der Waals surface area contributed by atoms with Crippen LogP contribution < -0.4 is 9.47 Å². The molecule has 13 heteroatoms. The number of hydrogen-bond donors (Lipinski definition) is 0.